The van der Waals surface area contributed by atoms with Gasteiger partial charge in [-0.1, -0.05) is 18.9 Å². The summed E-state index contributed by atoms with van der Waals surface area (Å²) in [5, 5.41) is 3.31. The molecule has 0 spiro atoms. The van der Waals surface area contributed by atoms with Crippen molar-refractivity contribution in [2.75, 3.05) is 5.32 Å². The topological polar surface area (TPSA) is 111 Å². The van der Waals surface area contributed by atoms with E-state index in [4.69, 9.17) is 16.5 Å². The van der Waals surface area contributed by atoms with Crippen molar-refractivity contribution in [1.29, 1.82) is 0 Å². The highest BCUT2D eigenvalue weighted by Gasteiger charge is 2.26. The Kier molecular flexibility index (Phi) is 5.24. The number of nitrogens with one attached hydrogen (secondary N) is 1. The molecule has 1 fully saturated rings. The summed E-state index contributed by atoms with van der Waals surface area (Å²) in [6.45, 7) is 4.07. The molecule has 29 heavy (non-hydrogen) atoms. The van der Waals surface area contributed by atoms with Crippen molar-refractivity contribution in [2.24, 2.45) is 17.4 Å². The first-order valence-corrected chi connectivity index (χ1v) is 10.2. The van der Waals surface area contributed by atoms with Crippen LogP contribution in [0, 0.1) is 19.8 Å². The van der Waals surface area contributed by atoms with Crippen LogP contribution in [0.3, 0.4) is 0 Å². The summed E-state index contributed by atoms with van der Waals surface area (Å²) >= 11 is 0. The van der Waals surface area contributed by atoms with Gasteiger partial charge in [0.2, 0.25) is 0 Å². The highest BCUT2D eigenvalue weighted by atomic mass is 16.1. The second-order valence-corrected chi connectivity index (χ2v) is 8.15. The largest absolute Gasteiger partial charge is 0.365 e. The molecule has 0 aliphatic heterocycles. The third-order valence-electron chi connectivity index (χ3n) is 5.76. The number of imidazole rings is 1. The van der Waals surface area contributed by atoms with Gasteiger partial charge in [-0.25, -0.2) is 9.97 Å². The van der Waals surface area contributed by atoms with Crippen LogP contribution >= 0.6 is 0 Å². The lowest BCUT2D eigenvalue weighted by Gasteiger charge is -2.28. The van der Waals surface area contributed by atoms with Crippen molar-refractivity contribution in [2.45, 2.75) is 52.0 Å². The maximum absolute atomic E-state index is 12.3. The molecule has 7 nitrogen and oxygen atoms in total. The minimum Gasteiger partial charge on any atom is -0.365 e. The zero-order chi connectivity index (χ0) is 20.5. The molecule has 2 aromatic heterocycles. The minimum atomic E-state index is -0.554. The standard InChI is InChI=1S/C22H28N6O/c1-13-9-14(2)11-16(10-13)26-21-19(20(24)29)22-25-7-8-28(22)18(27-21)12-15-5-3-4-6-17(15)23/h7-11,15,17,26H,3-6,12,23H2,1-2H3,(H2,24,29)/t15?,17-/m1/s1. The van der Waals surface area contributed by atoms with Gasteiger partial charge in [0, 0.05) is 30.5 Å². The highest BCUT2D eigenvalue weighted by molar-refractivity contribution is 6.04. The van der Waals surface area contributed by atoms with E-state index in [9.17, 15) is 4.79 Å². The number of anilines is 2. The van der Waals surface area contributed by atoms with Crippen molar-refractivity contribution in [3.8, 4) is 0 Å². The van der Waals surface area contributed by atoms with Gasteiger partial charge in [0.25, 0.3) is 5.91 Å². The molecular formula is C22H28N6O. The molecular weight excluding hydrogens is 364 g/mol. The van der Waals surface area contributed by atoms with Gasteiger partial charge in [-0.3, -0.25) is 9.20 Å². The summed E-state index contributed by atoms with van der Waals surface area (Å²) < 4.78 is 1.87. The van der Waals surface area contributed by atoms with E-state index in [1.165, 1.54) is 12.8 Å². The predicted molar refractivity (Wildman–Crippen MR) is 114 cm³/mol. The van der Waals surface area contributed by atoms with Crippen LogP contribution in [0.2, 0.25) is 0 Å². The molecule has 0 bridgehead atoms. The molecule has 0 saturated heterocycles. The molecule has 2 atom stereocenters. The molecule has 1 aliphatic rings. The SMILES string of the molecule is Cc1cc(C)cc(Nc2nc(CC3CCCC[C@H]3N)n3ccnc3c2C(N)=O)c1. The number of fused-ring (bicyclic) bond motifs is 1. The molecule has 2 heterocycles. The van der Waals surface area contributed by atoms with E-state index in [0.717, 1.165) is 41.9 Å². The number of amides is 1. The lowest BCUT2D eigenvalue weighted by molar-refractivity contribution is 0.100. The molecule has 0 radical (unpaired) electrons. The van der Waals surface area contributed by atoms with Gasteiger partial charge in [-0.15, -0.1) is 0 Å². The second kappa shape index (κ2) is 7.83. The fraction of sp³-hybridized carbons (Fsp3) is 0.409. The molecule has 3 aromatic rings. The summed E-state index contributed by atoms with van der Waals surface area (Å²) in [5.41, 5.74) is 16.0. The van der Waals surface area contributed by atoms with Crippen molar-refractivity contribution >= 4 is 23.1 Å². The maximum atomic E-state index is 12.3. The number of hydrogen-bond acceptors (Lipinski definition) is 5. The number of nitrogens with zero attached hydrogens (tertiary/aromatic N) is 3. The Balaban J connectivity index is 1.79. The number of carbonyl (C=O) groups excluding carboxylic acids is 1. The monoisotopic (exact) mass is 392 g/mol. The predicted octanol–water partition coefficient (Wildman–Crippen LogP) is 3.25. The fourth-order valence-electron chi connectivity index (χ4n) is 4.41. The van der Waals surface area contributed by atoms with E-state index in [2.05, 4.69) is 16.4 Å². The summed E-state index contributed by atoms with van der Waals surface area (Å²) in [7, 11) is 0. The number of rotatable bonds is 5. The second-order valence-electron chi connectivity index (χ2n) is 8.15. The lowest BCUT2D eigenvalue weighted by atomic mass is 9.83. The molecule has 1 saturated carbocycles. The van der Waals surface area contributed by atoms with Crippen molar-refractivity contribution < 1.29 is 4.79 Å². The van der Waals surface area contributed by atoms with E-state index in [1.54, 1.807) is 6.20 Å². The highest BCUT2D eigenvalue weighted by Crippen LogP contribution is 2.29. The van der Waals surface area contributed by atoms with Crippen LogP contribution in [0.4, 0.5) is 11.5 Å². The van der Waals surface area contributed by atoms with Gasteiger partial charge in [-0.2, -0.15) is 0 Å². The average molecular weight is 393 g/mol. The molecule has 1 aromatic carbocycles. The Hall–Kier alpha value is -2.93. The van der Waals surface area contributed by atoms with Crippen molar-refractivity contribution in [1.82, 2.24) is 14.4 Å². The first-order valence-electron chi connectivity index (χ1n) is 10.2. The molecule has 1 aliphatic carbocycles. The van der Waals surface area contributed by atoms with Gasteiger partial charge >= 0.3 is 0 Å². The van der Waals surface area contributed by atoms with Crippen molar-refractivity contribution in [3.63, 3.8) is 0 Å². The molecule has 4 rings (SSSR count). The summed E-state index contributed by atoms with van der Waals surface area (Å²) in [5.74, 6) is 1.11. The van der Waals surface area contributed by atoms with Gasteiger partial charge in [0.05, 0.1) is 0 Å². The first kappa shape index (κ1) is 19.4. The quantitative estimate of drug-likeness (QED) is 0.617. The molecule has 5 N–H and O–H groups in total. The fourth-order valence-corrected chi connectivity index (χ4v) is 4.41. The first-order chi connectivity index (χ1) is 13.9. The van der Waals surface area contributed by atoms with E-state index in [0.29, 0.717) is 22.9 Å². The number of carbonyl (C=O) groups is 1. The number of benzene rings is 1. The Morgan fingerprint density at radius 1 is 1.21 bits per heavy atom. The maximum Gasteiger partial charge on any atom is 0.256 e. The van der Waals surface area contributed by atoms with Gasteiger partial charge < -0.3 is 16.8 Å². The Labute approximate surface area is 170 Å². The molecule has 1 unspecified atom stereocenters. The van der Waals surface area contributed by atoms with Crippen LogP contribution < -0.4 is 16.8 Å². The van der Waals surface area contributed by atoms with Gasteiger partial charge in [0.1, 0.15) is 17.2 Å². The van der Waals surface area contributed by atoms with Crippen LogP contribution in [0.15, 0.2) is 30.6 Å². The number of nitrogens with two attached hydrogens (primary N) is 2. The van der Waals surface area contributed by atoms with Crippen LogP contribution in [0.5, 0.6) is 0 Å². The van der Waals surface area contributed by atoms with Crippen LogP contribution in [-0.2, 0) is 6.42 Å². The summed E-state index contributed by atoms with van der Waals surface area (Å²) in [6.07, 6.45) is 8.77. The van der Waals surface area contributed by atoms with Gasteiger partial charge in [0.15, 0.2) is 5.65 Å². The van der Waals surface area contributed by atoms with E-state index in [-0.39, 0.29) is 6.04 Å². The normalized spacial score (nSPS) is 19.4. The van der Waals surface area contributed by atoms with E-state index in [1.807, 2.05) is 36.6 Å². The number of hydrogen-bond donors (Lipinski definition) is 3. The molecule has 7 heteroatoms. The van der Waals surface area contributed by atoms with E-state index < -0.39 is 5.91 Å². The lowest BCUT2D eigenvalue weighted by Crippen LogP contribution is -2.35. The zero-order valence-electron chi connectivity index (χ0n) is 17.0. The smallest absolute Gasteiger partial charge is 0.256 e. The third kappa shape index (κ3) is 3.96. The van der Waals surface area contributed by atoms with Crippen LogP contribution in [0.1, 0.15) is 53.0 Å². The minimum absolute atomic E-state index is 0.177. The average Bonchev–Trinajstić information content (AvgIpc) is 3.12. The third-order valence-corrected chi connectivity index (χ3v) is 5.76. The van der Waals surface area contributed by atoms with Crippen LogP contribution in [-0.4, -0.2) is 26.3 Å². The van der Waals surface area contributed by atoms with Crippen molar-refractivity contribution in [3.05, 3.63) is 53.1 Å². The van der Waals surface area contributed by atoms with Gasteiger partial charge in [-0.05, 0) is 55.9 Å². The molecule has 152 valence electrons. The van der Waals surface area contributed by atoms with Crippen LogP contribution in [0.25, 0.3) is 5.65 Å². The molecule has 1 amide bonds. The summed E-state index contributed by atoms with van der Waals surface area (Å²) in [4.78, 5) is 21.5. The zero-order valence-corrected chi connectivity index (χ0v) is 17.0. The number of primary amides is 1. The Morgan fingerprint density at radius 2 is 1.93 bits per heavy atom. The van der Waals surface area contributed by atoms with E-state index >= 15 is 0 Å². The summed E-state index contributed by atoms with van der Waals surface area (Å²) in [6, 6.07) is 6.31. The Morgan fingerprint density at radius 3 is 2.62 bits per heavy atom. The number of aryl methyl sites for hydroxylation is 2. The number of aromatic nitrogens is 3. The Bertz CT molecular complexity index is 1040.